The molecule has 30 heavy (non-hydrogen) atoms. The zero-order valence-electron chi connectivity index (χ0n) is 16.0. The second-order valence-electron chi connectivity index (χ2n) is 6.91. The van der Waals surface area contributed by atoms with Crippen molar-refractivity contribution in [3.05, 3.63) is 58.1 Å². The largest absolute Gasteiger partial charge is 0.335 e. The summed E-state index contributed by atoms with van der Waals surface area (Å²) in [6.45, 7) is 2.17. The van der Waals surface area contributed by atoms with Crippen molar-refractivity contribution in [2.24, 2.45) is 0 Å². The molecule has 1 amide bonds. The number of amides is 1. The molecule has 162 valence electrons. The fourth-order valence-electron chi connectivity index (χ4n) is 3.29. The number of rotatable bonds is 6. The van der Waals surface area contributed by atoms with Gasteiger partial charge < -0.3 is 4.90 Å². The number of halogens is 2. The number of nitrogens with zero attached hydrogens (tertiary/aromatic N) is 1. The van der Waals surface area contributed by atoms with Crippen molar-refractivity contribution >= 4 is 54.7 Å². The minimum absolute atomic E-state index is 0.0336. The Labute approximate surface area is 186 Å². The number of hydrogen-bond acceptors (Lipinski definition) is 5. The lowest BCUT2D eigenvalue weighted by molar-refractivity contribution is 0.0708. The van der Waals surface area contributed by atoms with Crippen LogP contribution in [0.4, 0.5) is 5.69 Å². The molecule has 1 fully saturated rings. The van der Waals surface area contributed by atoms with Crippen molar-refractivity contribution in [2.45, 2.75) is 24.3 Å². The van der Waals surface area contributed by atoms with Gasteiger partial charge in [0, 0.05) is 23.8 Å². The first-order valence-corrected chi connectivity index (χ1v) is 13.2. The van der Waals surface area contributed by atoms with Gasteiger partial charge in [0.15, 0.2) is 9.84 Å². The summed E-state index contributed by atoms with van der Waals surface area (Å²) in [6.07, 6.45) is 0.420. The summed E-state index contributed by atoms with van der Waals surface area (Å²) in [6, 6.07) is 9.58. The van der Waals surface area contributed by atoms with E-state index in [1.807, 2.05) is 0 Å². The SMILES string of the molecule is CCN(C(=O)c1ccc(NS(=O)(=O)c2ccc(Cl)c(Cl)c2)cc1)C1CCS(=O)(=O)C1. The van der Waals surface area contributed by atoms with Crippen LogP contribution >= 0.6 is 23.2 Å². The number of anilines is 1. The molecular formula is C19H20Cl2N2O5S2. The van der Waals surface area contributed by atoms with Crippen LogP contribution in [0, 0.1) is 0 Å². The van der Waals surface area contributed by atoms with Crippen molar-refractivity contribution < 1.29 is 21.6 Å². The Bertz CT molecular complexity index is 1170. The molecule has 0 radical (unpaired) electrons. The maximum absolute atomic E-state index is 12.8. The van der Waals surface area contributed by atoms with Gasteiger partial charge in [-0.2, -0.15) is 0 Å². The van der Waals surface area contributed by atoms with Gasteiger partial charge >= 0.3 is 0 Å². The van der Waals surface area contributed by atoms with Gasteiger partial charge in [0.25, 0.3) is 15.9 Å². The number of carbonyl (C=O) groups is 1. The quantitative estimate of drug-likeness (QED) is 0.667. The molecule has 7 nitrogen and oxygen atoms in total. The molecule has 3 rings (SSSR count). The highest BCUT2D eigenvalue weighted by molar-refractivity contribution is 7.92. The van der Waals surface area contributed by atoms with Gasteiger partial charge in [-0.05, 0) is 55.8 Å². The van der Waals surface area contributed by atoms with Crippen LogP contribution in [-0.4, -0.2) is 51.7 Å². The summed E-state index contributed by atoms with van der Waals surface area (Å²) in [4.78, 5) is 14.3. The Morgan fingerprint density at radius 3 is 2.33 bits per heavy atom. The van der Waals surface area contributed by atoms with Crippen LogP contribution in [-0.2, 0) is 19.9 Å². The monoisotopic (exact) mass is 490 g/mol. The van der Waals surface area contributed by atoms with Gasteiger partial charge in [-0.25, -0.2) is 16.8 Å². The minimum Gasteiger partial charge on any atom is -0.335 e. The highest BCUT2D eigenvalue weighted by atomic mass is 35.5. The summed E-state index contributed by atoms with van der Waals surface area (Å²) >= 11 is 11.7. The molecule has 0 bridgehead atoms. The maximum atomic E-state index is 12.8. The van der Waals surface area contributed by atoms with Gasteiger partial charge in [-0.1, -0.05) is 23.2 Å². The molecule has 1 aliphatic rings. The second-order valence-corrected chi connectivity index (χ2v) is 11.6. The van der Waals surface area contributed by atoms with E-state index < -0.39 is 19.9 Å². The van der Waals surface area contributed by atoms with E-state index in [0.717, 1.165) is 0 Å². The van der Waals surface area contributed by atoms with Crippen LogP contribution in [0.25, 0.3) is 0 Å². The summed E-state index contributed by atoms with van der Waals surface area (Å²) < 4.78 is 51.0. The summed E-state index contributed by atoms with van der Waals surface area (Å²) in [5.41, 5.74) is 0.614. The van der Waals surface area contributed by atoms with Gasteiger partial charge in [-0.3, -0.25) is 9.52 Å². The molecule has 0 spiro atoms. The molecule has 2 aromatic rings. The summed E-state index contributed by atoms with van der Waals surface area (Å²) in [7, 11) is -7.00. The minimum atomic E-state index is -3.89. The molecule has 0 aromatic heterocycles. The van der Waals surface area contributed by atoms with Crippen molar-refractivity contribution in [1.82, 2.24) is 4.90 Å². The lowest BCUT2D eigenvalue weighted by Crippen LogP contribution is -2.40. The van der Waals surface area contributed by atoms with E-state index in [2.05, 4.69) is 4.72 Å². The Morgan fingerprint density at radius 2 is 1.80 bits per heavy atom. The van der Waals surface area contributed by atoms with Gasteiger partial charge in [-0.15, -0.1) is 0 Å². The summed E-state index contributed by atoms with van der Waals surface area (Å²) in [5.74, 6) is -0.246. The van der Waals surface area contributed by atoms with E-state index in [-0.39, 0.29) is 44.1 Å². The number of sulfonamides is 1. The van der Waals surface area contributed by atoms with E-state index in [1.54, 1.807) is 11.8 Å². The number of benzene rings is 2. The predicted molar refractivity (Wildman–Crippen MR) is 117 cm³/mol. The lowest BCUT2D eigenvalue weighted by atomic mass is 10.1. The van der Waals surface area contributed by atoms with Crippen molar-refractivity contribution in [3.8, 4) is 0 Å². The average Bonchev–Trinajstić information content (AvgIpc) is 3.04. The van der Waals surface area contributed by atoms with Crippen LogP contribution in [0.5, 0.6) is 0 Å². The predicted octanol–water partition coefficient (Wildman–Crippen LogP) is 3.44. The fourth-order valence-corrected chi connectivity index (χ4v) is 6.47. The molecule has 0 saturated carbocycles. The van der Waals surface area contributed by atoms with E-state index >= 15 is 0 Å². The number of sulfone groups is 1. The van der Waals surface area contributed by atoms with Crippen LogP contribution < -0.4 is 4.72 Å². The first-order valence-electron chi connectivity index (χ1n) is 9.12. The maximum Gasteiger partial charge on any atom is 0.261 e. The molecule has 0 aliphatic carbocycles. The number of nitrogens with one attached hydrogen (secondary N) is 1. The number of carbonyl (C=O) groups excluding carboxylic acids is 1. The lowest BCUT2D eigenvalue weighted by Gasteiger charge is -2.27. The van der Waals surface area contributed by atoms with Crippen LogP contribution in [0.3, 0.4) is 0 Å². The average molecular weight is 491 g/mol. The van der Waals surface area contributed by atoms with Gasteiger partial charge in [0.05, 0.1) is 26.4 Å². The Balaban J connectivity index is 1.75. The molecule has 11 heteroatoms. The third-order valence-electron chi connectivity index (χ3n) is 4.84. The first kappa shape index (κ1) is 22.9. The molecule has 1 N–H and O–H groups in total. The van der Waals surface area contributed by atoms with Crippen LogP contribution in [0.2, 0.25) is 10.0 Å². The normalized spacial score (nSPS) is 18.2. The summed E-state index contributed by atoms with van der Waals surface area (Å²) in [5, 5.41) is 0.364. The zero-order chi connectivity index (χ0) is 22.1. The van der Waals surface area contributed by atoms with Crippen molar-refractivity contribution in [1.29, 1.82) is 0 Å². The third kappa shape index (κ3) is 5.08. The fraction of sp³-hybridized carbons (Fsp3) is 0.316. The van der Waals surface area contributed by atoms with Gasteiger partial charge in [0.2, 0.25) is 0 Å². The van der Waals surface area contributed by atoms with Gasteiger partial charge in [0.1, 0.15) is 0 Å². The van der Waals surface area contributed by atoms with E-state index in [4.69, 9.17) is 23.2 Å². The molecule has 2 aromatic carbocycles. The highest BCUT2D eigenvalue weighted by Crippen LogP contribution is 2.26. The van der Waals surface area contributed by atoms with E-state index in [1.165, 1.54) is 42.5 Å². The smallest absolute Gasteiger partial charge is 0.261 e. The third-order valence-corrected chi connectivity index (χ3v) is 8.70. The van der Waals surface area contributed by atoms with Crippen LogP contribution in [0.15, 0.2) is 47.4 Å². The molecular weight excluding hydrogens is 471 g/mol. The molecule has 1 unspecified atom stereocenters. The van der Waals surface area contributed by atoms with E-state index in [0.29, 0.717) is 18.5 Å². The topological polar surface area (TPSA) is 101 Å². The standard InChI is InChI=1S/C19H20Cl2N2O5S2/c1-2-23(15-9-10-29(25,26)12-15)19(24)13-3-5-14(6-4-13)22-30(27,28)16-7-8-17(20)18(21)11-16/h3-8,11,15,22H,2,9-10,12H2,1H3. The molecule has 1 atom stereocenters. The molecule has 1 aliphatic heterocycles. The molecule has 1 heterocycles. The Hall–Kier alpha value is -1.81. The van der Waals surface area contributed by atoms with Crippen molar-refractivity contribution in [3.63, 3.8) is 0 Å². The van der Waals surface area contributed by atoms with Crippen LogP contribution in [0.1, 0.15) is 23.7 Å². The van der Waals surface area contributed by atoms with Crippen molar-refractivity contribution in [2.75, 3.05) is 22.8 Å². The Morgan fingerprint density at radius 1 is 1.13 bits per heavy atom. The zero-order valence-corrected chi connectivity index (χ0v) is 19.2. The number of hydrogen-bond donors (Lipinski definition) is 1. The second kappa shape index (κ2) is 8.74. The molecule has 1 saturated heterocycles. The highest BCUT2D eigenvalue weighted by Gasteiger charge is 2.34. The van der Waals surface area contributed by atoms with E-state index in [9.17, 15) is 21.6 Å². The Kier molecular flexibility index (Phi) is 6.66. The first-order chi connectivity index (χ1) is 14.0.